The topological polar surface area (TPSA) is 114 Å². The second-order valence-electron chi connectivity index (χ2n) is 3.54. The largest absolute Gasteiger partial charge is 0.395 e. The van der Waals surface area contributed by atoms with Gasteiger partial charge in [0.2, 0.25) is 5.95 Å². The van der Waals surface area contributed by atoms with Gasteiger partial charge in [0.25, 0.3) is 0 Å². The van der Waals surface area contributed by atoms with Crippen LogP contribution in [-0.4, -0.2) is 42.4 Å². The maximum Gasteiger partial charge on any atom is 0.354 e. The van der Waals surface area contributed by atoms with Gasteiger partial charge < -0.3 is 15.9 Å². The molecule has 0 unspecified atom stereocenters. The molecule has 0 aromatic carbocycles. The Morgan fingerprint density at radius 1 is 1.75 bits per heavy atom. The molecule has 1 aliphatic heterocycles. The summed E-state index contributed by atoms with van der Waals surface area (Å²) in [7, 11) is 0. The first-order chi connectivity index (χ1) is 7.58. The van der Waals surface area contributed by atoms with Crippen LogP contribution in [0.5, 0.6) is 0 Å². The van der Waals surface area contributed by atoms with Crippen LogP contribution in [0.25, 0.3) is 0 Å². The van der Waals surface area contributed by atoms with Crippen molar-refractivity contribution in [2.24, 2.45) is 0 Å². The molecule has 1 saturated heterocycles. The van der Waals surface area contributed by atoms with Crippen molar-refractivity contribution in [3.05, 3.63) is 16.8 Å². The summed E-state index contributed by atoms with van der Waals surface area (Å²) in [5.74, 6) is 0.537. The number of nitrogens with two attached hydrogens (primary N) is 1. The van der Waals surface area contributed by atoms with Crippen molar-refractivity contribution >= 4 is 17.7 Å². The minimum absolute atomic E-state index is 0.129. The zero-order valence-corrected chi connectivity index (χ0v) is 9.22. The monoisotopic (exact) mass is 244 g/mol. The molecular weight excluding hydrogens is 232 g/mol. The van der Waals surface area contributed by atoms with E-state index in [1.54, 1.807) is 0 Å². The van der Waals surface area contributed by atoms with Gasteiger partial charge in [0.1, 0.15) is 6.33 Å². The van der Waals surface area contributed by atoms with Gasteiger partial charge in [0, 0.05) is 6.42 Å². The molecule has 1 fully saturated rings. The van der Waals surface area contributed by atoms with Crippen LogP contribution < -0.4 is 11.4 Å². The van der Waals surface area contributed by atoms with Gasteiger partial charge in [-0.15, -0.1) is 0 Å². The molecule has 2 rings (SSSR count). The average Bonchev–Trinajstić information content (AvgIpc) is 2.60. The molecule has 16 heavy (non-hydrogen) atoms. The first-order valence-corrected chi connectivity index (χ1v) is 5.79. The Morgan fingerprint density at radius 3 is 3.12 bits per heavy atom. The molecule has 0 spiro atoms. The average molecular weight is 244 g/mol. The highest BCUT2D eigenvalue weighted by Gasteiger charge is 2.44. The number of nitrogens with zero attached hydrogens (tertiary/aromatic N) is 3. The third kappa shape index (κ3) is 1.68. The van der Waals surface area contributed by atoms with E-state index >= 15 is 0 Å². The van der Waals surface area contributed by atoms with Crippen LogP contribution in [0.15, 0.2) is 11.1 Å². The van der Waals surface area contributed by atoms with Crippen molar-refractivity contribution in [2.45, 2.75) is 17.4 Å². The van der Waals surface area contributed by atoms with Crippen LogP contribution in [0, 0.1) is 0 Å². The molecule has 1 aromatic rings. The number of nitrogen functional groups attached to an aromatic ring is 1. The van der Waals surface area contributed by atoms with Crippen molar-refractivity contribution in [3.8, 4) is 0 Å². The molecule has 1 aliphatic rings. The van der Waals surface area contributed by atoms with E-state index in [2.05, 4.69) is 9.97 Å². The smallest absolute Gasteiger partial charge is 0.354 e. The van der Waals surface area contributed by atoms with E-state index in [4.69, 9.17) is 10.8 Å². The summed E-state index contributed by atoms with van der Waals surface area (Å²) < 4.78 is 1.03. The Hall–Kier alpha value is -1.12. The Kier molecular flexibility index (Phi) is 2.87. The summed E-state index contributed by atoms with van der Waals surface area (Å²) in [6.07, 6.45) is 1.54. The van der Waals surface area contributed by atoms with Gasteiger partial charge in [-0.2, -0.15) is 16.7 Å². The quantitative estimate of drug-likeness (QED) is 0.571. The highest BCUT2D eigenvalue weighted by molar-refractivity contribution is 8.00. The lowest BCUT2D eigenvalue weighted by Crippen LogP contribution is -2.48. The Bertz CT molecular complexity index is 451. The summed E-state index contributed by atoms with van der Waals surface area (Å²) in [5, 5.41) is 19.1. The van der Waals surface area contributed by atoms with Crippen LogP contribution >= 0.6 is 11.8 Å². The van der Waals surface area contributed by atoms with Crippen molar-refractivity contribution in [3.63, 3.8) is 0 Å². The number of anilines is 1. The fraction of sp³-hybridized carbons (Fsp3) is 0.625. The van der Waals surface area contributed by atoms with E-state index in [9.17, 15) is 9.90 Å². The van der Waals surface area contributed by atoms with Gasteiger partial charge in [-0.1, -0.05) is 0 Å². The zero-order chi connectivity index (χ0) is 11.8. The predicted octanol–water partition coefficient (Wildman–Crippen LogP) is -1.64. The van der Waals surface area contributed by atoms with E-state index in [-0.39, 0.29) is 12.6 Å². The summed E-state index contributed by atoms with van der Waals surface area (Å²) in [6, 6.07) is 0. The molecule has 88 valence electrons. The highest BCUT2D eigenvalue weighted by Crippen LogP contribution is 2.38. The maximum absolute atomic E-state index is 11.6. The molecule has 1 aromatic heterocycles. The van der Waals surface area contributed by atoms with E-state index in [0.29, 0.717) is 12.2 Å². The van der Waals surface area contributed by atoms with Crippen molar-refractivity contribution in [1.29, 1.82) is 0 Å². The molecule has 0 radical (unpaired) electrons. The molecule has 0 aliphatic carbocycles. The Labute approximate surface area is 95.3 Å². The lowest BCUT2D eigenvalue weighted by Gasteiger charge is -2.29. The van der Waals surface area contributed by atoms with Crippen molar-refractivity contribution in [2.75, 3.05) is 18.1 Å². The molecule has 4 N–H and O–H groups in total. The molecular formula is C8H12N4O3S. The normalized spacial score (nSPS) is 29.5. The standard InChI is InChI=1S/C8H12N4O3S/c9-6-10-4-12(7(14)11-6)8(15)1-2-16-5(8)3-13/h4-5,13,15H,1-3H2,(H2,9,11,14)/t5-,8+/m1/s1. The summed E-state index contributed by atoms with van der Waals surface area (Å²) in [6.45, 7) is -0.210. The summed E-state index contributed by atoms with van der Waals surface area (Å²) in [4.78, 5) is 18.7. The molecule has 8 heteroatoms. The third-order valence-corrected chi connectivity index (χ3v) is 3.98. The minimum atomic E-state index is -1.43. The fourth-order valence-corrected chi connectivity index (χ4v) is 3.04. The Morgan fingerprint density at radius 2 is 2.50 bits per heavy atom. The predicted molar refractivity (Wildman–Crippen MR) is 58.8 cm³/mol. The van der Waals surface area contributed by atoms with E-state index < -0.39 is 16.7 Å². The van der Waals surface area contributed by atoms with Gasteiger partial charge >= 0.3 is 5.69 Å². The first kappa shape index (κ1) is 11.4. The van der Waals surface area contributed by atoms with E-state index in [1.807, 2.05) is 0 Å². The van der Waals surface area contributed by atoms with Crippen LogP contribution in [0.2, 0.25) is 0 Å². The third-order valence-electron chi connectivity index (χ3n) is 2.61. The molecule has 7 nitrogen and oxygen atoms in total. The number of aliphatic hydroxyl groups excluding tert-OH is 1. The SMILES string of the molecule is Nc1ncn([C@]2(O)CCS[C@@H]2CO)c(=O)n1. The number of aromatic nitrogens is 3. The Balaban J connectivity index is 2.46. The first-order valence-electron chi connectivity index (χ1n) is 4.74. The molecule has 2 heterocycles. The van der Waals surface area contributed by atoms with Crippen molar-refractivity contribution < 1.29 is 10.2 Å². The van der Waals surface area contributed by atoms with Crippen LogP contribution in [0.1, 0.15) is 6.42 Å². The number of hydrogen-bond donors (Lipinski definition) is 3. The van der Waals surface area contributed by atoms with Gasteiger partial charge in [0.15, 0.2) is 5.72 Å². The molecule has 2 atom stereocenters. The number of thioether (sulfide) groups is 1. The summed E-state index contributed by atoms with van der Waals surface area (Å²) in [5.41, 5.74) is 3.18. The molecule has 0 saturated carbocycles. The second kappa shape index (κ2) is 4.04. The number of rotatable bonds is 2. The second-order valence-corrected chi connectivity index (χ2v) is 4.85. The zero-order valence-electron chi connectivity index (χ0n) is 8.41. The van der Waals surface area contributed by atoms with Gasteiger partial charge in [-0.05, 0) is 5.75 Å². The maximum atomic E-state index is 11.6. The van der Waals surface area contributed by atoms with Crippen LogP contribution in [0.4, 0.5) is 5.95 Å². The fourth-order valence-electron chi connectivity index (χ4n) is 1.73. The van der Waals surface area contributed by atoms with Gasteiger partial charge in [-0.3, -0.25) is 4.57 Å². The van der Waals surface area contributed by atoms with Crippen LogP contribution in [-0.2, 0) is 5.72 Å². The highest BCUT2D eigenvalue weighted by atomic mass is 32.2. The molecule has 0 amide bonds. The molecule has 0 bridgehead atoms. The van der Waals surface area contributed by atoms with E-state index in [1.165, 1.54) is 18.1 Å². The lowest BCUT2D eigenvalue weighted by atomic mass is 10.1. The lowest BCUT2D eigenvalue weighted by molar-refractivity contribution is -0.0505. The number of hydrogen-bond acceptors (Lipinski definition) is 7. The number of aliphatic hydroxyl groups is 2. The van der Waals surface area contributed by atoms with E-state index in [0.717, 1.165) is 4.57 Å². The summed E-state index contributed by atoms with van der Waals surface area (Å²) >= 11 is 1.41. The van der Waals surface area contributed by atoms with Crippen molar-refractivity contribution in [1.82, 2.24) is 14.5 Å². The minimum Gasteiger partial charge on any atom is -0.395 e. The van der Waals surface area contributed by atoms with Gasteiger partial charge in [-0.25, -0.2) is 9.78 Å². The van der Waals surface area contributed by atoms with Crippen LogP contribution in [0.3, 0.4) is 0 Å². The van der Waals surface area contributed by atoms with Gasteiger partial charge in [0.05, 0.1) is 11.9 Å².